The van der Waals surface area contributed by atoms with Crippen LogP contribution in [0.1, 0.15) is 43.4 Å². The first kappa shape index (κ1) is 15.1. The fourth-order valence-electron chi connectivity index (χ4n) is 4.06. The van der Waals surface area contributed by atoms with Crippen LogP contribution < -0.4 is 5.32 Å². The van der Waals surface area contributed by atoms with Crippen LogP contribution in [0, 0.1) is 5.92 Å². The van der Waals surface area contributed by atoms with Gasteiger partial charge in [0.1, 0.15) is 5.75 Å². The monoisotopic (exact) mass is 317 g/mol. The van der Waals surface area contributed by atoms with E-state index < -0.39 is 0 Å². The Bertz CT molecular complexity index is 861. The van der Waals surface area contributed by atoms with Crippen molar-refractivity contribution in [2.45, 2.75) is 33.1 Å². The van der Waals surface area contributed by atoms with Gasteiger partial charge in [0, 0.05) is 11.6 Å². The van der Waals surface area contributed by atoms with Crippen LogP contribution in [0.15, 0.2) is 54.1 Å². The lowest BCUT2D eigenvalue weighted by Gasteiger charge is -2.34. The van der Waals surface area contributed by atoms with Crippen LogP contribution >= 0.6 is 0 Å². The first-order valence-corrected chi connectivity index (χ1v) is 8.65. The number of aromatic hydroxyl groups is 1. The molecular weight excluding hydrogens is 294 g/mol. The minimum absolute atomic E-state index is 0.344. The lowest BCUT2D eigenvalue weighted by atomic mass is 9.72. The number of rotatable bonds is 3. The van der Waals surface area contributed by atoms with Crippen molar-refractivity contribution in [3.63, 3.8) is 0 Å². The van der Waals surface area contributed by atoms with Gasteiger partial charge >= 0.3 is 0 Å². The summed E-state index contributed by atoms with van der Waals surface area (Å²) in [4.78, 5) is 0. The van der Waals surface area contributed by atoms with E-state index in [4.69, 9.17) is 0 Å². The van der Waals surface area contributed by atoms with Crippen molar-refractivity contribution in [2.75, 3.05) is 5.32 Å². The highest BCUT2D eigenvalue weighted by Crippen LogP contribution is 2.50. The summed E-state index contributed by atoms with van der Waals surface area (Å²) in [6.07, 6.45) is 5.63. The Morgan fingerprint density at radius 2 is 1.88 bits per heavy atom. The van der Waals surface area contributed by atoms with Gasteiger partial charge in [-0.15, -0.1) is 0 Å². The Balaban J connectivity index is 1.79. The fourth-order valence-corrected chi connectivity index (χ4v) is 4.06. The molecule has 0 saturated heterocycles. The van der Waals surface area contributed by atoms with E-state index >= 15 is 0 Å². The molecule has 2 N–H and O–H groups in total. The van der Waals surface area contributed by atoms with Gasteiger partial charge in [-0.1, -0.05) is 49.8 Å². The molecule has 122 valence electrons. The van der Waals surface area contributed by atoms with Crippen LogP contribution in [0.4, 0.5) is 11.4 Å². The van der Waals surface area contributed by atoms with Crippen molar-refractivity contribution in [3.05, 3.63) is 70.8 Å². The summed E-state index contributed by atoms with van der Waals surface area (Å²) >= 11 is 0. The van der Waals surface area contributed by atoms with Gasteiger partial charge in [-0.05, 0) is 59.7 Å². The molecule has 4 rings (SSSR count). The zero-order valence-corrected chi connectivity index (χ0v) is 14.4. The summed E-state index contributed by atoms with van der Waals surface area (Å²) in [6, 6.07) is 12.0. The van der Waals surface area contributed by atoms with Gasteiger partial charge in [0.25, 0.3) is 0 Å². The number of phenols is 1. The first-order chi connectivity index (χ1) is 11.5. The molecule has 0 bridgehead atoms. The predicted octanol–water partition coefficient (Wildman–Crippen LogP) is 5.77. The van der Waals surface area contributed by atoms with E-state index in [1.54, 1.807) is 0 Å². The van der Waals surface area contributed by atoms with Crippen LogP contribution in [0.3, 0.4) is 0 Å². The van der Waals surface area contributed by atoms with Crippen molar-refractivity contribution in [1.29, 1.82) is 0 Å². The molecular formula is C22H23NO. The topological polar surface area (TPSA) is 32.3 Å². The van der Waals surface area contributed by atoms with Crippen molar-refractivity contribution in [3.8, 4) is 5.75 Å². The SMILES string of the molecule is CC1=CC(C)C(c2cc(O)c(Nc3ccccc3)c3c2CC3C)=C1. The van der Waals surface area contributed by atoms with Crippen molar-refractivity contribution >= 4 is 16.9 Å². The van der Waals surface area contributed by atoms with E-state index in [9.17, 15) is 5.11 Å². The van der Waals surface area contributed by atoms with E-state index in [0.29, 0.717) is 17.6 Å². The first-order valence-electron chi connectivity index (χ1n) is 8.65. The van der Waals surface area contributed by atoms with E-state index in [2.05, 4.69) is 38.2 Å². The molecule has 0 fully saturated rings. The van der Waals surface area contributed by atoms with Crippen LogP contribution in [0.5, 0.6) is 5.75 Å². The molecule has 2 aromatic rings. The second-order valence-corrected chi connectivity index (χ2v) is 7.11. The minimum atomic E-state index is 0.344. The molecule has 0 aromatic heterocycles. The van der Waals surface area contributed by atoms with Gasteiger partial charge in [0.15, 0.2) is 0 Å². The maximum atomic E-state index is 10.7. The summed E-state index contributed by atoms with van der Waals surface area (Å²) in [5.74, 6) is 1.23. The summed E-state index contributed by atoms with van der Waals surface area (Å²) < 4.78 is 0. The Hall–Kier alpha value is -2.48. The van der Waals surface area contributed by atoms with Crippen LogP contribution in [-0.4, -0.2) is 5.11 Å². The summed E-state index contributed by atoms with van der Waals surface area (Å²) in [7, 11) is 0. The lowest BCUT2D eigenvalue weighted by Crippen LogP contribution is -2.19. The number of allylic oxidation sites excluding steroid dienone is 4. The van der Waals surface area contributed by atoms with Gasteiger partial charge in [-0.2, -0.15) is 0 Å². The van der Waals surface area contributed by atoms with Gasteiger partial charge in [-0.3, -0.25) is 0 Å². The average molecular weight is 317 g/mol. The molecule has 0 amide bonds. The number of hydrogen-bond acceptors (Lipinski definition) is 2. The molecule has 2 nitrogen and oxygen atoms in total. The Labute approximate surface area is 143 Å². The highest BCUT2D eigenvalue weighted by molar-refractivity contribution is 5.84. The normalized spacial score (nSPS) is 21.6. The second-order valence-electron chi connectivity index (χ2n) is 7.11. The zero-order chi connectivity index (χ0) is 16.8. The second kappa shape index (κ2) is 5.55. The number of anilines is 2. The number of hydrogen-bond donors (Lipinski definition) is 2. The smallest absolute Gasteiger partial charge is 0.139 e. The maximum Gasteiger partial charge on any atom is 0.139 e. The molecule has 2 atom stereocenters. The van der Waals surface area contributed by atoms with Crippen LogP contribution in [-0.2, 0) is 6.42 Å². The van der Waals surface area contributed by atoms with Crippen LogP contribution in [0.2, 0.25) is 0 Å². The number of para-hydroxylation sites is 1. The zero-order valence-electron chi connectivity index (χ0n) is 14.4. The molecule has 0 saturated carbocycles. The van der Waals surface area contributed by atoms with Gasteiger partial charge in [0.2, 0.25) is 0 Å². The Kier molecular flexibility index (Phi) is 3.49. The molecule has 2 unspecified atom stereocenters. The summed E-state index contributed by atoms with van der Waals surface area (Å²) in [6.45, 7) is 6.60. The Morgan fingerprint density at radius 3 is 2.50 bits per heavy atom. The standard InChI is InChI=1S/C22H23NO/c1-13-9-14(2)17(10-13)18-12-20(24)22(21-15(3)11-19(18)21)23-16-7-5-4-6-8-16/h4-10,12,14-15,23-24H,11H2,1-3H3. The molecule has 0 heterocycles. The quantitative estimate of drug-likeness (QED) is 0.704. The van der Waals surface area contributed by atoms with Crippen molar-refractivity contribution in [2.24, 2.45) is 5.92 Å². The number of fused-ring (bicyclic) bond motifs is 1. The minimum Gasteiger partial charge on any atom is -0.506 e. The van der Waals surface area contributed by atoms with Crippen molar-refractivity contribution in [1.82, 2.24) is 0 Å². The summed E-state index contributed by atoms with van der Waals surface area (Å²) in [5.41, 5.74) is 8.40. The highest BCUT2D eigenvalue weighted by atomic mass is 16.3. The van der Waals surface area contributed by atoms with Crippen LogP contribution in [0.25, 0.3) is 5.57 Å². The number of phenolic OH excluding ortho intramolecular Hbond substituents is 1. The maximum absolute atomic E-state index is 10.7. The van der Waals surface area contributed by atoms with E-state index in [1.165, 1.54) is 27.8 Å². The largest absolute Gasteiger partial charge is 0.506 e. The van der Waals surface area contributed by atoms with Crippen molar-refractivity contribution < 1.29 is 5.11 Å². The van der Waals surface area contributed by atoms with Gasteiger partial charge in [0.05, 0.1) is 5.69 Å². The highest BCUT2D eigenvalue weighted by Gasteiger charge is 2.32. The molecule has 2 aromatic carbocycles. The molecule has 0 aliphatic heterocycles. The van der Waals surface area contributed by atoms with Gasteiger partial charge in [-0.25, -0.2) is 0 Å². The third kappa shape index (κ3) is 2.34. The molecule has 0 spiro atoms. The number of nitrogens with one attached hydrogen (secondary N) is 1. The predicted molar refractivity (Wildman–Crippen MR) is 101 cm³/mol. The molecule has 0 radical (unpaired) electrons. The average Bonchev–Trinajstić information content (AvgIpc) is 2.88. The lowest BCUT2D eigenvalue weighted by molar-refractivity contribution is 0.473. The molecule has 2 aliphatic carbocycles. The van der Waals surface area contributed by atoms with E-state index in [-0.39, 0.29) is 0 Å². The number of benzene rings is 2. The Morgan fingerprint density at radius 1 is 1.12 bits per heavy atom. The molecule has 24 heavy (non-hydrogen) atoms. The summed E-state index contributed by atoms with van der Waals surface area (Å²) in [5, 5.41) is 14.1. The molecule has 2 aliphatic rings. The third-order valence-corrected chi connectivity index (χ3v) is 5.20. The third-order valence-electron chi connectivity index (χ3n) is 5.20. The van der Waals surface area contributed by atoms with Gasteiger partial charge < -0.3 is 10.4 Å². The van der Waals surface area contributed by atoms with E-state index in [1.807, 2.05) is 36.4 Å². The molecule has 2 heteroatoms. The fraction of sp³-hybridized carbons (Fsp3) is 0.273. The van der Waals surface area contributed by atoms with E-state index in [0.717, 1.165) is 17.8 Å².